The SMILES string of the molecule is N=S1C=CC=C1.N=S1C=CC=C1. The van der Waals surface area contributed by atoms with Crippen LogP contribution in [0.15, 0.2) is 45.9 Å². The molecule has 2 rings (SSSR count). The van der Waals surface area contributed by atoms with Crippen LogP contribution in [0.3, 0.4) is 0 Å². The van der Waals surface area contributed by atoms with Gasteiger partial charge in [0.15, 0.2) is 0 Å². The van der Waals surface area contributed by atoms with E-state index in [0.717, 1.165) is 0 Å². The minimum absolute atomic E-state index is 0.284. The average molecular weight is 198 g/mol. The summed E-state index contributed by atoms with van der Waals surface area (Å²) in [4.78, 5) is 0. The van der Waals surface area contributed by atoms with Crippen molar-refractivity contribution in [3.8, 4) is 0 Å². The summed E-state index contributed by atoms with van der Waals surface area (Å²) in [5.41, 5.74) is 0. The lowest BCUT2D eigenvalue weighted by molar-refractivity contribution is 1.65. The molecule has 4 heteroatoms. The van der Waals surface area contributed by atoms with E-state index in [9.17, 15) is 0 Å². The highest BCUT2D eigenvalue weighted by molar-refractivity contribution is 7.92. The van der Waals surface area contributed by atoms with Gasteiger partial charge in [-0.15, -0.1) is 0 Å². The van der Waals surface area contributed by atoms with E-state index in [1.807, 2.05) is 45.9 Å². The van der Waals surface area contributed by atoms with Crippen molar-refractivity contribution in [2.24, 2.45) is 0 Å². The molecule has 0 aromatic heterocycles. The molecule has 0 amide bonds. The first-order chi connectivity index (χ1) is 5.79. The molecule has 0 radical (unpaired) electrons. The summed E-state index contributed by atoms with van der Waals surface area (Å²) in [7, 11) is -0.568. The van der Waals surface area contributed by atoms with Gasteiger partial charge in [-0.25, -0.2) is 0 Å². The van der Waals surface area contributed by atoms with Crippen molar-refractivity contribution in [3.63, 3.8) is 0 Å². The highest BCUT2D eigenvalue weighted by Crippen LogP contribution is 1.97. The second-order valence-corrected chi connectivity index (χ2v) is 4.63. The van der Waals surface area contributed by atoms with E-state index < -0.39 is 0 Å². The smallest absolute Gasteiger partial charge is 0.0140 e. The fourth-order valence-corrected chi connectivity index (χ4v) is 1.83. The molecule has 0 atom stereocenters. The van der Waals surface area contributed by atoms with Gasteiger partial charge in [0.2, 0.25) is 0 Å². The summed E-state index contributed by atoms with van der Waals surface area (Å²) in [5, 5.41) is 7.44. The van der Waals surface area contributed by atoms with Crippen molar-refractivity contribution in [2.45, 2.75) is 0 Å². The highest BCUT2D eigenvalue weighted by Gasteiger charge is 1.81. The van der Waals surface area contributed by atoms with Crippen molar-refractivity contribution in [1.82, 2.24) is 0 Å². The molecule has 64 valence electrons. The molecule has 2 aliphatic rings. The normalized spacial score (nSPS) is 20.0. The van der Waals surface area contributed by atoms with Gasteiger partial charge in [0.05, 0.1) is 0 Å². The van der Waals surface area contributed by atoms with Gasteiger partial charge in [0.1, 0.15) is 0 Å². The molecule has 2 nitrogen and oxygen atoms in total. The summed E-state index contributed by atoms with van der Waals surface area (Å²) in [6.45, 7) is 0. The Morgan fingerprint density at radius 2 is 0.833 bits per heavy atom. The molecular formula is C8H10N2S2. The Kier molecular flexibility index (Phi) is 3.90. The van der Waals surface area contributed by atoms with Crippen LogP contribution in [0.25, 0.3) is 0 Å². The Bertz CT molecular complexity index is 251. The van der Waals surface area contributed by atoms with Crippen molar-refractivity contribution in [1.29, 1.82) is 9.56 Å². The fraction of sp³-hybridized carbons (Fsp3) is 0. The molecule has 0 spiro atoms. The Hall–Kier alpha value is -0.740. The zero-order chi connectivity index (χ0) is 8.81. The summed E-state index contributed by atoms with van der Waals surface area (Å²) >= 11 is 0. The van der Waals surface area contributed by atoms with Crippen molar-refractivity contribution < 1.29 is 0 Å². The first-order valence-electron chi connectivity index (χ1n) is 3.35. The maximum Gasteiger partial charge on any atom is -0.0140 e. The van der Waals surface area contributed by atoms with Crippen molar-refractivity contribution in [3.05, 3.63) is 45.9 Å². The van der Waals surface area contributed by atoms with Crippen LogP contribution < -0.4 is 0 Å². The van der Waals surface area contributed by atoms with Crippen LogP contribution in [0, 0.1) is 9.56 Å². The lowest BCUT2D eigenvalue weighted by Gasteiger charge is -1.72. The van der Waals surface area contributed by atoms with Gasteiger partial charge >= 0.3 is 0 Å². The standard InChI is InChI=1S/2C4H5NS/c2*5-6-3-1-2-4-6/h2*1-5H. The Labute approximate surface area is 77.2 Å². The number of hydrogen-bond donors (Lipinski definition) is 2. The minimum atomic E-state index is -0.284. The molecule has 0 aromatic rings. The largest absolute Gasteiger partial charge is 0.272 e. The second kappa shape index (κ2) is 5.00. The number of hydrogen-bond acceptors (Lipinski definition) is 2. The first kappa shape index (κ1) is 9.35. The number of nitrogens with one attached hydrogen (secondary N) is 2. The minimum Gasteiger partial charge on any atom is -0.272 e. The van der Waals surface area contributed by atoms with E-state index in [1.54, 1.807) is 0 Å². The van der Waals surface area contributed by atoms with E-state index in [1.165, 1.54) is 0 Å². The monoisotopic (exact) mass is 198 g/mol. The Balaban J connectivity index is 0.000000120. The van der Waals surface area contributed by atoms with Crippen LogP contribution in [0.2, 0.25) is 0 Å². The molecule has 0 unspecified atom stereocenters. The molecule has 0 aromatic carbocycles. The van der Waals surface area contributed by atoms with Crippen LogP contribution in [0.1, 0.15) is 0 Å². The molecule has 2 N–H and O–H groups in total. The zero-order valence-corrected chi connectivity index (χ0v) is 8.07. The zero-order valence-electron chi connectivity index (χ0n) is 6.44. The van der Waals surface area contributed by atoms with E-state index in [2.05, 4.69) is 0 Å². The fourth-order valence-electron chi connectivity index (χ4n) is 0.611. The molecule has 0 fully saturated rings. The van der Waals surface area contributed by atoms with Crippen LogP contribution in [-0.4, -0.2) is 0 Å². The van der Waals surface area contributed by atoms with Crippen LogP contribution in [0.4, 0.5) is 0 Å². The van der Waals surface area contributed by atoms with Crippen LogP contribution in [-0.2, 0) is 21.4 Å². The third-order valence-electron chi connectivity index (χ3n) is 1.12. The van der Waals surface area contributed by atoms with E-state index in [0.29, 0.717) is 0 Å². The van der Waals surface area contributed by atoms with E-state index >= 15 is 0 Å². The lowest BCUT2D eigenvalue weighted by Crippen LogP contribution is -1.58. The molecule has 0 saturated carbocycles. The third-order valence-corrected chi connectivity index (χ3v) is 2.92. The number of rotatable bonds is 0. The Morgan fingerprint density at radius 3 is 0.917 bits per heavy atom. The van der Waals surface area contributed by atoms with Gasteiger partial charge in [0.25, 0.3) is 0 Å². The predicted molar refractivity (Wildman–Crippen MR) is 56.7 cm³/mol. The maximum atomic E-state index is 6.99. The van der Waals surface area contributed by atoms with Gasteiger partial charge in [-0.05, 0) is 21.6 Å². The highest BCUT2D eigenvalue weighted by atomic mass is 32.2. The van der Waals surface area contributed by atoms with Gasteiger partial charge in [-0.3, -0.25) is 9.56 Å². The maximum absolute atomic E-state index is 6.99. The summed E-state index contributed by atoms with van der Waals surface area (Å²) < 4.78 is 14.0. The topological polar surface area (TPSA) is 47.7 Å². The summed E-state index contributed by atoms with van der Waals surface area (Å²) in [6.07, 6.45) is 7.60. The predicted octanol–water partition coefficient (Wildman–Crippen LogP) is 2.82. The third kappa shape index (κ3) is 3.59. The number of allylic oxidation sites excluding steroid dienone is 4. The Morgan fingerprint density at radius 1 is 0.583 bits per heavy atom. The molecule has 2 heterocycles. The second-order valence-electron chi connectivity index (χ2n) is 2.06. The van der Waals surface area contributed by atoms with Crippen LogP contribution in [0.5, 0.6) is 0 Å². The van der Waals surface area contributed by atoms with Gasteiger partial charge < -0.3 is 0 Å². The molecular weight excluding hydrogens is 188 g/mol. The quantitative estimate of drug-likeness (QED) is 0.601. The van der Waals surface area contributed by atoms with Gasteiger partial charge in [-0.1, -0.05) is 45.7 Å². The molecule has 2 aliphatic heterocycles. The van der Waals surface area contributed by atoms with E-state index in [4.69, 9.17) is 9.56 Å². The first-order valence-corrected chi connectivity index (χ1v) is 6.05. The average Bonchev–Trinajstić information content (AvgIpc) is 2.63. The van der Waals surface area contributed by atoms with Gasteiger partial charge in [0, 0.05) is 0 Å². The van der Waals surface area contributed by atoms with E-state index in [-0.39, 0.29) is 21.4 Å². The van der Waals surface area contributed by atoms with Crippen molar-refractivity contribution >= 4 is 21.4 Å². The summed E-state index contributed by atoms with van der Waals surface area (Å²) in [5.74, 6) is 0. The molecule has 0 saturated heterocycles. The molecule has 12 heavy (non-hydrogen) atoms. The summed E-state index contributed by atoms with van der Waals surface area (Å²) in [6, 6.07) is 0. The van der Waals surface area contributed by atoms with Gasteiger partial charge in [-0.2, -0.15) is 0 Å². The van der Waals surface area contributed by atoms with Crippen LogP contribution >= 0.6 is 0 Å². The lowest BCUT2D eigenvalue weighted by atomic mass is 10.6. The molecule has 0 aliphatic carbocycles. The van der Waals surface area contributed by atoms with Crippen molar-refractivity contribution in [2.75, 3.05) is 0 Å². The molecule has 0 bridgehead atoms.